The molecule has 1 rings (SSSR count). The summed E-state index contributed by atoms with van der Waals surface area (Å²) in [5, 5.41) is 2.01. The maximum Gasteiger partial charge on any atom is 0.228 e. The van der Waals surface area contributed by atoms with Crippen LogP contribution < -0.4 is 4.74 Å². The number of ether oxygens (including phenoxy) is 1. The molecule has 0 spiro atoms. The minimum atomic E-state index is 0.780. The molecule has 0 fully saturated rings. The zero-order valence-electron chi connectivity index (χ0n) is 5.55. The van der Waals surface area contributed by atoms with Crippen LogP contribution in [0.1, 0.15) is 12.5 Å². The molecule has 0 unspecified atom stereocenters. The quantitative estimate of drug-likeness (QED) is 0.628. The zero-order valence-corrected chi connectivity index (χ0v) is 6.36. The van der Waals surface area contributed by atoms with Crippen LogP contribution in [0.15, 0.2) is 5.38 Å². The molecule has 3 heteroatoms. The molecule has 0 N–H and O–H groups in total. The molecule has 0 aromatic carbocycles. The van der Waals surface area contributed by atoms with Gasteiger partial charge in [0.2, 0.25) is 5.88 Å². The summed E-state index contributed by atoms with van der Waals surface area (Å²) >= 11 is 1.44. The Morgan fingerprint density at radius 1 is 1.78 bits per heavy atom. The molecule has 9 heavy (non-hydrogen) atoms. The summed E-state index contributed by atoms with van der Waals surface area (Å²) in [4.78, 5) is 0. The van der Waals surface area contributed by atoms with E-state index < -0.39 is 0 Å². The van der Waals surface area contributed by atoms with Gasteiger partial charge in [-0.2, -0.15) is 4.37 Å². The third-order valence-corrected chi connectivity index (χ3v) is 1.84. The standard InChI is InChI=1S/C6H9NOS/c1-3-5-4-9-7-6(5)8-2/h4H,3H2,1-2H3. The van der Waals surface area contributed by atoms with Crippen LogP contribution in [0.3, 0.4) is 0 Å². The third-order valence-electron chi connectivity index (χ3n) is 1.18. The minimum absolute atomic E-state index is 0.780. The summed E-state index contributed by atoms with van der Waals surface area (Å²) in [5.41, 5.74) is 1.20. The second-order valence-electron chi connectivity index (χ2n) is 1.70. The summed E-state index contributed by atoms with van der Waals surface area (Å²) in [6, 6.07) is 0. The highest BCUT2D eigenvalue weighted by Gasteiger charge is 2.00. The number of methoxy groups -OCH3 is 1. The van der Waals surface area contributed by atoms with Crippen molar-refractivity contribution in [2.45, 2.75) is 13.3 Å². The number of aromatic nitrogens is 1. The van der Waals surface area contributed by atoms with Crippen molar-refractivity contribution >= 4 is 11.5 Å². The molecule has 1 aromatic heterocycles. The Hall–Kier alpha value is -0.570. The monoisotopic (exact) mass is 143 g/mol. The third kappa shape index (κ3) is 1.21. The van der Waals surface area contributed by atoms with Crippen molar-refractivity contribution in [2.24, 2.45) is 0 Å². The van der Waals surface area contributed by atoms with Crippen LogP contribution in [0.5, 0.6) is 5.88 Å². The molecule has 0 saturated heterocycles. The van der Waals surface area contributed by atoms with Gasteiger partial charge >= 0.3 is 0 Å². The molecule has 0 aliphatic carbocycles. The first-order valence-electron chi connectivity index (χ1n) is 2.85. The Bertz CT molecular complexity index is 166. The predicted molar refractivity (Wildman–Crippen MR) is 38.0 cm³/mol. The normalized spacial score (nSPS) is 9.56. The van der Waals surface area contributed by atoms with Crippen molar-refractivity contribution in [1.29, 1.82) is 0 Å². The van der Waals surface area contributed by atoms with E-state index >= 15 is 0 Å². The van der Waals surface area contributed by atoms with Crippen LogP contribution in [-0.4, -0.2) is 11.5 Å². The fraction of sp³-hybridized carbons (Fsp3) is 0.500. The molecule has 0 amide bonds. The van der Waals surface area contributed by atoms with E-state index in [2.05, 4.69) is 11.3 Å². The summed E-state index contributed by atoms with van der Waals surface area (Å²) in [7, 11) is 1.65. The summed E-state index contributed by atoms with van der Waals surface area (Å²) < 4.78 is 9.00. The van der Waals surface area contributed by atoms with Gasteiger partial charge in [0.1, 0.15) is 0 Å². The van der Waals surface area contributed by atoms with Crippen LogP contribution in [-0.2, 0) is 6.42 Å². The molecule has 0 bridgehead atoms. The van der Waals surface area contributed by atoms with E-state index in [4.69, 9.17) is 4.74 Å². The van der Waals surface area contributed by atoms with Crippen LogP contribution in [0.4, 0.5) is 0 Å². The lowest BCUT2D eigenvalue weighted by Crippen LogP contribution is -1.85. The van der Waals surface area contributed by atoms with Gasteiger partial charge in [0.15, 0.2) is 0 Å². The van der Waals surface area contributed by atoms with Gasteiger partial charge in [0, 0.05) is 10.9 Å². The van der Waals surface area contributed by atoms with Gasteiger partial charge in [-0.15, -0.1) is 0 Å². The number of rotatable bonds is 2. The van der Waals surface area contributed by atoms with Crippen LogP contribution >= 0.6 is 11.5 Å². The Morgan fingerprint density at radius 3 is 3.00 bits per heavy atom. The Kier molecular flexibility index (Phi) is 2.05. The van der Waals surface area contributed by atoms with Crippen molar-refractivity contribution in [2.75, 3.05) is 7.11 Å². The maximum absolute atomic E-state index is 4.98. The fourth-order valence-electron chi connectivity index (χ4n) is 0.650. The number of nitrogens with zero attached hydrogens (tertiary/aromatic N) is 1. The van der Waals surface area contributed by atoms with E-state index in [9.17, 15) is 0 Å². The first-order valence-corrected chi connectivity index (χ1v) is 3.69. The molecule has 0 radical (unpaired) electrons. The maximum atomic E-state index is 4.98. The van der Waals surface area contributed by atoms with E-state index in [-0.39, 0.29) is 0 Å². The van der Waals surface area contributed by atoms with E-state index in [1.165, 1.54) is 17.1 Å². The van der Waals surface area contributed by atoms with Gasteiger partial charge in [0.05, 0.1) is 7.11 Å². The minimum Gasteiger partial charge on any atom is -0.480 e. The molecule has 0 aliphatic heterocycles. The van der Waals surface area contributed by atoms with Crippen molar-refractivity contribution < 1.29 is 4.74 Å². The Morgan fingerprint density at radius 2 is 2.56 bits per heavy atom. The molecule has 2 nitrogen and oxygen atoms in total. The lowest BCUT2D eigenvalue weighted by Gasteiger charge is -1.94. The predicted octanol–water partition coefficient (Wildman–Crippen LogP) is 1.71. The molecule has 0 aliphatic rings. The van der Waals surface area contributed by atoms with Crippen LogP contribution in [0.2, 0.25) is 0 Å². The smallest absolute Gasteiger partial charge is 0.228 e. The van der Waals surface area contributed by atoms with E-state index in [1.54, 1.807) is 7.11 Å². The second kappa shape index (κ2) is 2.82. The SMILES string of the molecule is CCc1csnc1OC. The van der Waals surface area contributed by atoms with E-state index in [0.717, 1.165) is 12.3 Å². The van der Waals surface area contributed by atoms with Gasteiger partial charge < -0.3 is 4.74 Å². The highest BCUT2D eigenvalue weighted by Crippen LogP contribution is 2.17. The van der Waals surface area contributed by atoms with Crippen LogP contribution in [0, 0.1) is 0 Å². The Balaban J connectivity index is 2.85. The molecule has 0 saturated carbocycles. The van der Waals surface area contributed by atoms with Crippen LogP contribution in [0.25, 0.3) is 0 Å². The largest absolute Gasteiger partial charge is 0.480 e. The summed E-state index contributed by atoms with van der Waals surface area (Å²) in [5.74, 6) is 0.780. The van der Waals surface area contributed by atoms with Crippen molar-refractivity contribution in [3.05, 3.63) is 10.9 Å². The van der Waals surface area contributed by atoms with Gasteiger partial charge in [0.25, 0.3) is 0 Å². The molecular weight excluding hydrogens is 134 g/mol. The molecular formula is C6H9NOS. The molecule has 1 heterocycles. The van der Waals surface area contributed by atoms with Crippen molar-refractivity contribution in [3.8, 4) is 5.88 Å². The summed E-state index contributed by atoms with van der Waals surface area (Å²) in [6.07, 6.45) is 1.000. The Labute approximate surface area is 58.6 Å². The van der Waals surface area contributed by atoms with Gasteiger partial charge in [-0.1, -0.05) is 6.92 Å². The number of hydrogen-bond donors (Lipinski definition) is 0. The lowest BCUT2D eigenvalue weighted by molar-refractivity contribution is 0.398. The topological polar surface area (TPSA) is 22.1 Å². The fourth-order valence-corrected chi connectivity index (χ4v) is 1.38. The van der Waals surface area contributed by atoms with Gasteiger partial charge in [-0.05, 0) is 18.0 Å². The average molecular weight is 143 g/mol. The first-order chi connectivity index (χ1) is 4.38. The second-order valence-corrected chi connectivity index (χ2v) is 2.33. The van der Waals surface area contributed by atoms with Gasteiger partial charge in [-0.3, -0.25) is 0 Å². The first kappa shape index (κ1) is 6.55. The van der Waals surface area contributed by atoms with E-state index in [0.29, 0.717) is 0 Å². The molecule has 1 aromatic rings. The number of aryl methyl sites for hydroxylation is 1. The zero-order chi connectivity index (χ0) is 6.69. The van der Waals surface area contributed by atoms with Gasteiger partial charge in [-0.25, -0.2) is 0 Å². The highest BCUT2D eigenvalue weighted by atomic mass is 32.1. The molecule has 50 valence electrons. The average Bonchev–Trinajstić information content (AvgIpc) is 2.33. The van der Waals surface area contributed by atoms with Crippen molar-refractivity contribution in [1.82, 2.24) is 4.37 Å². The summed E-state index contributed by atoms with van der Waals surface area (Å²) in [6.45, 7) is 2.09. The number of hydrogen-bond acceptors (Lipinski definition) is 3. The highest BCUT2D eigenvalue weighted by molar-refractivity contribution is 7.03. The van der Waals surface area contributed by atoms with E-state index in [1.807, 2.05) is 5.38 Å². The molecule has 0 atom stereocenters. The van der Waals surface area contributed by atoms with Crippen molar-refractivity contribution in [3.63, 3.8) is 0 Å². The lowest BCUT2D eigenvalue weighted by atomic mass is 10.3.